The first kappa shape index (κ1) is 15.0. The second kappa shape index (κ2) is 6.35. The maximum atomic E-state index is 12.9. The molecule has 3 nitrogen and oxygen atoms in total. The molecule has 3 unspecified atom stereocenters. The van der Waals surface area contributed by atoms with Gasteiger partial charge in [0.1, 0.15) is 5.82 Å². The van der Waals surface area contributed by atoms with Crippen LogP contribution in [0.5, 0.6) is 0 Å². The second-order valence-electron chi connectivity index (χ2n) is 5.92. The Morgan fingerprint density at radius 3 is 2.65 bits per heavy atom. The highest BCUT2D eigenvalue weighted by molar-refractivity contribution is 5.79. The Labute approximate surface area is 120 Å². The lowest BCUT2D eigenvalue weighted by Crippen LogP contribution is -2.40. The molecule has 1 aliphatic rings. The van der Waals surface area contributed by atoms with Crippen molar-refractivity contribution in [3.63, 3.8) is 0 Å². The van der Waals surface area contributed by atoms with Gasteiger partial charge in [-0.25, -0.2) is 4.39 Å². The molecular weight excluding hydrogens is 255 g/mol. The molecule has 1 fully saturated rings. The van der Waals surface area contributed by atoms with Crippen LogP contribution in [0.4, 0.5) is 4.39 Å². The summed E-state index contributed by atoms with van der Waals surface area (Å²) in [6.07, 6.45) is 1.91. The van der Waals surface area contributed by atoms with Crippen LogP contribution in [0.2, 0.25) is 0 Å². The van der Waals surface area contributed by atoms with Crippen molar-refractivity contribution < 1.29 is 9.18 Å². The maximum absolute atomic E-state index is 12.9. The number of amides is 1. The summed E-state index contributed by atoms with van der Waals surface area (Å²) in [6, 6.07) is 6.52. The number of carbonyl (C=O) groups excluding carboxylic acids is 1. The average Bonchev–Trinajstić information content (AvgIpc) is 2.88. The molecule has 1 heterocycles. The fraction of sp³-hybridized carbons (Fsp3) is 0.562. The minimum absolute atomic E-state index is 0.112. The van der Waals surface area contributed by atoms with Crippen molar-refractivity contribution in [3.8, 4) is 0 Å². The number of likely N-dealkylation sites (tertiary alicyclic amines) is 1. The zero-order valence-corrected chi connectivity index (χ0v) is 12.2. The molecular formula is C16H23FN2O. The predicted molar refractivity (Wildman–Crippen MR) is 77.6 cm³/mol. The normalized spacial score (nSPS) is 21.8. The zero-order chi connectivity index (χ0) is 14.7. The van der Waals surface area contributed by atoms with Crippen molar-refractivity contribution in [1.82, 2.24) is 4.90 Å². The van der Waals surface area contributed by atoms with E-state index in [1.165, 1.54) is 12.1 Å². The van der Waals surface area contributed by atoms with E-state index in [9.17, 15) is 9.18 Å². The summed E-state index contributed by atoms with van der Waals surface area (Å²) in [5.41, 5.74) is 6.92. The van der Waals surface area contributed by atoms with Crippen molar-refractivity contribution in [1.29, 1.82) is 0 Å². The van der Waals surface area contributed by atoms with Gasteiger partial charge in [0.15, 0.2) is 0 Å². The second-order valence-corrected chi connectivity index (χ2v) is 5.92. The van der Waals surface area contributed by atoms with E-state index in [0.717, 1.165) is 31.5 Å². The summed E-state index contributed by atoms with van der Waals surface area (Å²) in [5, 5.41) is 0. The summed E-state index contributed by atoms with van der Waals surface area (Å²) in [5.74, 6) is 0.286. The Morgan fingerprint density at radius 1 is 1.40 bits per heavy atom. The minimum atomic E-state index is -0.206. The Bertz CT molecular complexity index is 458. The molecule has 1 aliphatic heterocycles. The van der Waals surface area contributed by atoms with Gasteiger partial charge in [0.2, 0.25) is 5.91 Å². The van der Waals surface area contributed by atoms with Gasteiger partial charge in [-0.2, -0.15) is 0 Å². The molecule has 3 atom stereocenters. The highest BCUT2D eigenvalue weighted by Crippen LogP contribution is 2.23. The van der Waals surface area contributed by atoms with E-state index in [-0.39, 0.29) is 23.7 Å². The molecule has 2 N–H and O–H groups in total. The first-order valence-electron chi connectivity index (χ1n) is 7.26. The summed E-state index contributed by atoms with van der Waals surface area (Å²) < 4.78 is 12.9. The van der Waals surface area contributed by atoms with E-state index < -0.39 is 0 Å². The Balaban J connectivity index is 1.89. The monoisotopic (exact) mass is 278 g/mol. The summed E-state index contributed by atoms with van der Waals surface area (Å²) in [4.78, 5) is 14.1. The Kier molecular flexibility index (Phi) is 4.76. The van der Waals surface area contributed by atoms with E-state index in [1.54, 1.807) is 0 Å². The number of benzene rings is 1. The van der Waals surface area contributed by atoms with Crippen molar-refractivity contribution in [2.45, 2.75) is 32.7 Å². The number of nitrogens with zero attached hydrogens (tertiary/aromatic N) is 1. The molecule has 1 amide bonds. The van der Waals surface area contributed by atoms with Crippen LogP contribution in [0.1, 0.15) is 25.8 Å². The SMILES string of the molecule is CC(N)C(C)C(=O)N1CCC(Cc2ccc(F)cc2)C1. The van der Waals surface area contributed by atoms with E-state index in [4.69, 9.17) is 5.73 Å². The van der Waals surface area contributed by atoms with Gasteiger partial charge < -0.3 is 10.6 Å². The molecule has 0 aliphatic carbocycles. The summed E-state index contributed by atoms with van der Waals surface area (Å²) in [6.45, 7) is 5.35. The van der Waals surface area contributed by atoms with Crippen molar-refractivity contribution in [2.75, 3.05) is 13.1 Å². The molecule has 1 aromatic rings. The molecule has 0 spiro atoms. The molecule has 1 aromatic carbocycles. The maximum Gasteiger partial charge on any atom is 0.226 e. The highest BCUT2D eigenvalue weighted by Gasteiger charge is 2.30. The van der Waals surface area contributed by atoms with Gasteiger partial charge in [0.25, 0.3) is 0 Å². The lowest BCUT2D eigenvalue weighted by atomic mass is 9.98. The number of carbonyl (C=O) groups is 1. The predicted octanol–water partition coefficient (Wildman–Crippen LogP) is 2.20. The van der Waals surface area contributed by atoms with Crippen molar-refractivity contribution in [2.24, 2.45) is 17.6 Å². The number of rotatable bonds is 4. The van der Waals surface area contributed by atoms with Gasteiger partial charge in [-0.1, -0.05) is 19.1 Å². The quantitative estimate of drug-likeness (QED) is 0.917. The average molecular weight is 278 g/mol. The molecule has 4 heteroatoms. The van der Waals surface area contributed by atoms with E-state index in [1.807, 2.05) is 30.9 Å². The number of nitrogens with two attached hydrogens (primary N) is 1. The van der Waals surface area contributed by atoms with Crippen LogP contribution in [-0.4, -0.2) is 29.9 Å². The number of hydrogen-bond donors (Lipinski definition) is 1. The Hall–Kier alpha value is -1.42. The van der Waals surface area contributed by atoms with Crippen molar-refractivity contribution in [3.05, 3.63) is 35.6 Å². The van der Waals surface area contributed by atoms with Crippen LogP contribution in [-0.2, 0) is 11.2 Å². The van der Waals surface area contributed by atoms with Gasteiger partial charge in [-0.15, -0.1) is 0 Å². The fourth-order valence-corrected chi connectivity index (χ4v) is 2.67. The molecule has 1 saturated heterocycles. The Morgan fingerprint density at radius 2 is 2.05 bits per heavy atom. The molecule has 20 heavy (non-hydrogen) atoms. The van der Waals surface area contributed by atoms with Crippen LogP contribution in [0, 0.1) is 17.7 Å². The third-order valence-corrected chi connectivity index (χ3v) is 4.21. The van der Waals surface area contributed by atoms with Crippen LogP contribution in [0.3, 0.4) is 0 Å². The van der Waals surface area contributed by atoms with Crippen LogP contribution in [0.15, 0.2) is 24.3 Å². The summed E-state index contributed by atoms with van der Waals surface area (Å²) >= 11 is 0. The van der Waals surface area contributed by atoms with Gasteiger partial charge in [-0.3, -0.25) is 4.79 Å². The van der Waals surface area contributed by atoms with E-state index in [2.05, 4.69) is 0 Å². The largest absolute Gasteiger partial charge is 0.342 e. The minimum Gasteiger partial charge on any atom is -0.342 e. The summed E-state index contributed by atoms with van der Waals surface area (Å²) in [7, 11) is 0. The first-order chi connectivity index (χ1) is 9.47. The topological polar surface area (TPSA) is 46.3 Å². The van der Waals surface area contributed by atoms with E-state index >= 15 is 0 Å². The number of hydrogen-bond acceptors (Lipinski definition) is 2. The highest BCUT2D eigenvalue weighted by atomic mass is 19.1. The molecule has 110 valence electrons. The first-order valence-corrected chi connectivity index (χ1v) is 7.26. The fourth-order valence-electron chi connectivity index (χ4n) is 2.67. The lowest BCUT2D eigenvalue weighted by Gasteiger charge is -2.23. The van der Waals surface area contributed by atoms with Gasteiger partial charge in [0, 0.05) is 19.1 Å². The third-order valence-electron chi connectivity index (χ3n) is 4.21. The van der Waals surface area contributed by atoms with Crippen LogP contribution >= 0.6 is 0 Å². The zero-order valence-electron chi connectivity index (χ0n) is 12.2. The van der Waals surface area contributed by atoms with Gasteiger partial charge in [0.05, 0.1) is 5.92 Å². The molecule has 2 rings (SSSR count). The lowest BCUT2D eigenvalue weighted by molar-refractivity contribution is -0.134. The van der Waals surface area contributed by atoms with E-state index in [0.29, 0.717) is 5.92 Å². The van der Waals surface area contributed by atoms with Crippen LogP contribution < -0.4 is 5.73 Å². The third kappa shape index (κ3) is 3.57. The van der Waals surface area contributed by atoms with Crippen molar-refractivity contribution >= 4 is 5.91 Å². The molecule has 0 radical (unpaired) electrons. The van der Waals surface area contributed by atoms with Gasteiger partial charge >= 0.3 is 0 Å². The smallest absolute Gasteiger partial charge is 0.226 e. The standard InChI is InChI=1S/C16H23FN2O/c1-11(12(2)18)16(20)19-8-7-14(10-19)9-13-3-5-15(17)6-4-13/h3-6,11-12,14H,7-10,18H2,1-2H3. The van der Waals surface area contributed by atoms with Gasteiger partial charge in [-0.05, 0) is 43.4 Å². The number of halogens is 1. The molecule has 0 aromatic heterocycles. The molecule has 0 bridgehead atoms. The van der Waals surface area contributed by atoms with Crippen LogP contribution in [0.25, 0.3) is 0 Å². The molecule has 0 saturated carbocycles.